The molecule has 28 heavy (non-hydrogen) atoms. The van der Waals surface area contributed by atoms with Gasteiger partial charge in [0.2, 0.25) is 5.91 Å². The van der Waals surface area contributed by atoms with Gasteiger partial charge in [0, 0.05) is 55.3 Å². The number of benzene rings is 1. The molecule has 148 valence electrons. The number of thioether (sulfide) groups is 1. The molecule has 1 aromatic carbocycles. The van der Waals surface area contributed by atoms with E-state index in [-0.39, 0.29) is 23.3 Å². The molecular formula is C20H23FN4O2S. The van der Waals surface area contributed by atoms with Crippen molar-refractivity contribution in [1.29, 1.82) is 0 Å². The summed E-state index contributed by atoms with van der Waals surface area (Å²) < 4.78 is 14.8. The number of halogens is 1. The van der Waals surface area contributed by atoms with Crippen molar-refractivity contribution in [3.05, 3.63) is 51.7 Å². The van der Waals surface area contributed by atoms with Crippen LogP contribution in [0.15, 0.2) is 34.2 Å². The number of carbonyl (C=O) groups excluding carboxylic acids is 1. The molecule has 0 N–H and O–H groups in total. The lowest BCUT2D eigenvalue weighted by molar-refractivity contribution is -0.132. The molecule has 2 aliphatic rings. The molecule has 0 spiro atoms. The van der Waals surface area contributed by atoms with Crippen LogP contribution in [0.4, 0.5) is 10.1 Å². The van der Waals surface area contributed by atoms with Crippen LogP contribution in [-0.2, 0) is 4.79 Å². The molecule has 0 aliphatic carbocycles. The molecule has 0 saturated carbocycles. The van der Waals surface area contributed by atoms with Crippen LogP contribution in [0.5, 0.6) is 0 Å². The van der Waals surface area contributed by atoms with Crippen LogP contribution in [0.2, 0.25) is 0 Å². The summed E-state index contributed by atoms with van der Waals surface area (Å²) in [6, 6.07) is 6.31. The topological polar surface area (TPSA) is 58.4 Å². The maximum atomic E-state index is 13.1. The van der Waals surface area contributed by atoms with Crippen molar-refractivity contribution in [2.24, 2.45) is 0 Å². The normalized spacial score (nSPS) is 19.0. The van der Waals surface area contributed by atoms with Crippen molar-refractivity contribution in [3.8, 4) is 0 Å². The van der Waals surface area contributed by atoms with E-state index in [1.807, 2.05) is 11.8 Å². The van der Waals surface area contributed by atoms with Gasteiger partial charge < -0.3 is 9.80 Å². The van der Waals surface area contributed by atoms with E-state index in [4.69, 9.17) is 0 Å². The Balaban J connectivity index is 1.40. The van der Waals surface area contributed by atoms with Crippen LogP contribution in [-0.4, -0.2) is 52.3 Å². The number of hydrogen-bond acceptors (Lipinski definition) is 5. The molecule has 1 saturated heterocycles. The molecule has 2 aliphatic heterocycles. The predicted molar refractivity (Wildman–Crippen MR) is 108 cm³/mol. The average Bonchev–Trinajstić information content (AvgIpc) is 3.09. The van der Waals surface area contributed by atoms with E-state index in [1.165, 1.54) is 12.1 Å². The summed E-state index contributed by atoms with van der Waals surface area (Å²) in [4.78, 5) is 34.0. The van der Waals surface area contributed by atoms with Crippen LogP contribution >= 0.6 is 11.8 Å². The highest BCUT2D eigenvalue weighted by atomic mass is 32.2. The molecule has 1 fully saturated rings. The number of rotatable bonds is 3. The summed E-state index contributed by atoms with van der Waals surface area (Å²) in [6.45, 7) is 6.32. The van der Waals surface area contributed by atoms with Gasteiger partial charge in [-0.3, -0.25) is 14.2 Å². The highest BCUT2D eigenvalue weighted by Gasteiger charge is 2.31. The lowest BCUT2D eigenvalue weighted by Gasteiger charge is -2.36. The summed E-state index contributed by atoms with van der Waals surface area (Å²) in [5, 5.41) is 0.715. The molecule has 3 heterocycles. The van der Waals surface area contributed by atoms with Gasteiger partial charge in [-0.1, -0.05) is 11.8 Å². The number of aryl methyl sites for hydroxylation is 1. The van der Waals surface area contributed by atoms with E-state index in [0.29, 0.717) is 49.1 Å². The Morgan fingerprint density at radius 3 is 2.54 bits per heavy atom. The zero-order valence-electron chi connectivity index (χ0n) is 16.0. The fourth-order valence-electron chi connectivity index (χ4n) is 3.72. The fraction of sp³-hybridized carbons (Fsp3) is 0.450. The number of amides is 1. The van der Waals surface area contributed by atoms with E-state index >= 15 is 0 Å². The molecule has 1 aromatic heterocycles. The number of piperazine rings is 1. The van der Waals surface area contributed by atoms with Crippen molar-refractivity contribution in [1.82, 2.24) is 14.5 Å². The van der Waals surface area contributed by atoms with Crippen LogP contribution in [0.3, 0.4) is 0 Å². The Kier molecular flexibility index (Phi) is 5.14. The summed E-state index contributed by atoms with van der Waals surface area (Å²) in [6.07, 6.45) is 0.320. The second-order valence-corrected chi connectivity index (χ2v) is 8.28. The van der Waals surface area contributed by atoms with Crippen molar-refractivity contribution < 1.29 is 9.18 Å². The van der Waals surface area contributed by atoms with Crippen LogP contribution < -0.4 is 10.5 Å². The quantitative estimate of drug-likeness (QED) is 0.738. The van der Waals surface area contributed by atoms with Gasteiger partial charge in [-0.2, -0.15) is 0 Å². The monoisotopic (exact) mass is 402 g/mol. The van der Waals surface area contributed by atoms with E-state index in [0.717, 1.165) is 11.4 Å². The van der Waals surface area contributed by atoms with E-state index in [9.17, 15) is 14.0 Å². The number of hydrogen-bond donors (Lipinski definition) is 0. The molecule has 1 atom stereocenters. The Bertz CT molecular complexity index is 952. The SMILES string of the molecule is Cc1nc2n(c(=O)c1C)C(CC(=O)N1CCN(c3ccc(F)cc3)CC1)CS2. The second-order valence-electron chi connectivity index (χ2n) is 7.29. The summed E-state index contributed by atoms with van der Waals surface area (Å²) in [5.41, 5.74) is 2.34. The predicted octanol–water partition coefficient (Wildman–Crippen LogP) is 2.38. The number of aromatic nitrogens is 2. The number of nitrogens with zero attached hydrogens (tertiary/aromatic N) is 4. The Labute approximate surface area is 167 Å². The first kappa shape index (κ1) is 19.0. The third kappa shape index (κ3) is 3.53. The minimum atomic E-state index is -0.248. The molecule has 0 radical (unpaired) electrons. The first-order valence-corrected chi connectivity index (χ1v) is 10.4. The molecular weight excluding hydrogens is 379 g/mol. The Morgan fingerprint density at radius 1 is 1.18 bits per heavy atom. The first-order chi connectivity index (χ1) is 13.4. The van der Waals surface area contributed by atoms with Gasteiger partial charge in [0.1, 0.15) is 5.82 Å². The lowest BCUT2D eigenvalue weighted by Crippen LogP contribution is -2.49. The summed E-state index contributed by atoms with van der Waals surface area (Å²) in [7, 11) is 0. The van der Waals surface area contributed by atoms with Gasteiger partial charge in [-0.25, -0.2) is 9.37 Å². The van der Waals surface area contributed by atoms with E-state index in [2.05, 4.69) is 9.88 Å². The third-order valence-corrected chi connectivity index (χ3v) is 6.65. The smallest absolute Gasteiger partial charge is 0.257 e. The summed E-state index contributed by atoms with van der Waals surface area (Å²) >= 11 is 1.54. The molecule has 6 nitrogen and oxygen atoms in total. The fourth-order valence-corrected chi connectivity index (χ4v) is 4.90. The molecule has 1 amide bonds. The molecule has 0 bridgehead atoms. The van der Waals surface area contributed by atoms with Crippen molar-refractivity contribution >= 4 is 23.4 Å². The Morgan fingerprint density at radius 2 is 1.86 bits per heavy atom. The standard InChI is InChI=1S/C20H23FN4O2S/c1-13-14(2)22-20-25(19(13)27)17(12-28-20)11-18(26)24-9-7-23(8-10-24)16-5-3-15(21)4-6-16/h3-6,17H,7-12H2,1-2H3. The largest absolute Gasteiger partial charge is 0.368 e. The first-order valence-electron chi connectivity index (χ1n) is 9.45. The highest BCUT2D eigenvalue weighted by molar-refractivity contribution is 7.99. The van der Waals surface area contributed by atoms with Crippen LogP contribution in [0, 0.1) is 19.7 Å². The number of fused-ring (bicyclic) bond motifs is 1. The maximum absolute atomic E-state index is 13.1. The van der Waals surface area contributed by atoms with Crippen molar-refractivity contribution in [3.63, 3.8) is 0 Å². The number of carbonyl (C=O) groups is 1. The van der Waals surface area contributed by atoms with Gasteiger partial charge in [0.05, 0.1) is 6.04 Å². The van der Waals surface area contributed by atoms with Gasteiger partial charge >= 0.3 is 0 Å². The van der Waals surface area contributed by atoms with Gasteiger partial charge in [-0.05, 0) is 38.1 Å². The molecule has 8 heteroatoms. The zero-order chi connectivity index (χ0) is 19.8. The summed E-state index contributed by atoms with van der Waals surface area (Å²) in [5.74, 6) is 0.525. The van der Waals surface area contributed by atoms with Gasteiger partial charge in [0.25, 0.3) is 5.56 Å². The molecule has 2 aromatic rings. The molecule has 4 rings (SSSR count). The Hall–Kier alpha value is -2.35. The minimum Gasteiger partial charge on any atom is -0.368 e. The molecule has 1 unspecified atom stereocenters. The van der Waals surface area contributed by atoms with Crippen LogP contribution in [0.1, 0.15) is 23.7 Å². The lowest BCUT2D eigenvalue weighted by atomic mass is 10.1. The van der Waals surface area contributed by atoms with E-state index in [1.54, 1.807) is 35.4 Å². The maximum Gasteiger partial charge on any atom is 0.257 e. The van der Waals surface area contributed by atoms with E-state index < -0.39 is 0 Å². The second kappa shape index (κ2) is 7.58. The average molecular weight is 402 g/mol. The van der Waals surface area contributed by atoms with Gasteiger partial charge in [-0.15, -0.1) is 0 Å². The third-order valence-electron chi connectivity index (χ3n) is 5.56. The van der Waals surface area contributed by atoms with Gasteiger partial charge in [0.15, 0.2) is 5.16 Å². The highest BCUT2D eigenvalue weighted by Crippen LogP contribution is 2.33. The number of anilines is 1. The van der Waals surface area contributed by atoms with Crippen molar-refractivity contribution in [2.45, 2.75) is 31.5 Å². The minimum absolute atomic E-state index is 0.0357. The van der Waals surface area contributed by atoms with Crippen molar-refractivity contribution in [2.75, 3.05) is 36.8 Å². The zero-order valence-corrected chi connectivity index (χ0v) is 16.8. The van der Waals surface area contributed by atoms with Crippen LogP contribution in [0.25, 0.3) is 0 Å².